The fourth-order valence-electron chi connectivity index (χ4n) is 5.00. The third-order valence-electron chi connectivity index (χ3n) is 7.01. The Labute approximate surface area is 252 Å². The number of amides is 2. The average molecular weight is 615 g/mol. The Bertz CT molecular complexity index is 1660. The van der Waals surface area contributed by atoms with Crippen LogP contribution in [0, 0.1) is 31.4 Å². The second kappa shape index (κ2) is 12.6. The molecule has 0 bridgehead atoms. The number of rotatable bonds is 10. The number of aromatic nitrogens is 4. The molecular formula is C30H36F2N6O6. The Kier molecular flexibility index (Phi) is 9.23. The number of carbonyl (C=O) groups is 2. The summed E-state index contributed by atoms with van der Waals surface area (Å²) in [6.45, 7) is 11.3. The second-order valence-electron chi connectivity index (χ2n) is 11.8. The van der Waals surface area contributed by atoms with Gasteiger partial charge in [-0.25, -0.2) is 13.6 Å². The number of aliphatic hydroxyl groups is 1. The number of hydrogen-bond acceptors (Lipinski definition) is 8. The number of pyridine rings is 1. The standard InChI is InChI=1S/C30H36F2N6O6/c1-15(2)25(37(29(41)42)30(5,6)7)28-35-34-27(44-28)21(13-39)33-26(40)24-17(4)36-38-22(24)11-16(3)12-23(38)43-14-18-19(31)9-8-10-20(18)32/h8-12,15,21,25,39H,13-14H2,1-7H3,(H,33,40)(H,41,42)/t21-,25-/m0/s1. The van der Waals surface area contributed by atoms with Gasteiger partial charge >= 0.3 is 6.09 Å². The van der Waals surface area contributed by atoms with E-state index in [2.05, 4.69) is 20.6 Å². The molecule has 2 amide bonds. The van der Waals surface area contributed by atoms with Gasteiger partial charge in [-0.15, -0.1) is 10.2 Å². The molecule has 4 rings (SSSR count). The third kappa shape index (κ3) is 6.49. The Hall–Kier alpha value is -4.59. The molecule has 236 valence electrons. The predicted octanol–water partition coefficient (Wildman–Crippen LogP) is 5.13. The number of nitrogens with one attached hydrogen (secondary N) is 1. The Morgan fingerprint density at radius 2 is 1.75 bits per heavy atom. The summed E-state index contributed by atoms with van der Waals surface area (Å²) in [5.41, 5.74) is 0.498. The van der Waals surface area contributed by atoms with Crippen LogP contribution in [0.5, 0.6) is 5.88 Å². The van der Waals surface area contributed by atoms with Gasteiger partial charge in [0.05, 0.1) is 28.9 Å². The fraction of sp³-hybridized carbons (Fsp3) is 0.433. The first-order valence-electron chi connectivity index (χ1n) is 14.0. The van der Waals surface area contributed by atoms with Crippen LogP contribution in [0.25, 0.3) is 5.52 Å². The SMILES string of the molecule is Cc1cc(OCc2c(F)cccc2F)n2nc(C)c(C(=O)N[C@@H](CO)c3nnc([C@H](C(C)C)N(C(=O)O)C(C)(C)C)o3)c2c1. The van der Waals surface area contributed by atoms with Crippen molar-refractivity contribution in [1.82, 2.24) is 30.0 Å². The van der Waals surface area contributed by atoms with Gasteiger partial charge in [0.2, 0.25) is 17.7 Å². The molecule has 14 heteroatoms. The number of halogens is 2. The number of nitrogens with zero attached hydrogens (tertiary/aromatic N) is 5. The van der Waals surface area contributed by atoms with E-state index in [4.69, 9.17) is 9.15 Å². The predicted molar refractivity (Wildman–Crippen MR) is 154 cm³/mol. The van der Waals surface area contributed by atoms with Gasteiger partial charge in [-0.2, -0.15) is 9.61 Å². The van der Waals surface area contributed by atoms with E-state index in [1.165, 1.54) is 15.5 Å². The van der Waals surface area contributed by atoms with Crippen LogP contribution in [0.1, 0.15) is 85.7 Å². The molecule has 3 aromatic heterocycles. The van der Waals surface area contributed by atoms with Gasteiger partial charge in [0.1, 0.15) is 30.3 Å². The van der Waals surface area contributed by atoms with Crippen molar-refractivity contribution in [3.8, 4) is 5.88 Å². The maximum Gasteiger partial charge on any atom is 0.408 e. The zero-order chi connectivity index (χ0) is 32.5. The molecule has 3 N–H and O–H groups in total. The molecule has 0 fully saturated rings. The van der Waals surface area contributed by atoms with E-state index in [1.54, 1.807) is 46.8 Å². The maximum atomic E-state index is 14.2. The molecule has 0 aliphatic carbocycles. The lowest BCUT2D eigenvalue weighted by atomic mass is 9.96. The van der Waals surface area contributed by atoms with Crippen LogP contribution in [0.4, 0.5) is 13.6 Å². The number of fused-ring (bicyclic) bond motifs is 1. The summed E-state index contributed by atoms with van der Waals surface area (Å²) in [6, 6.07) is 4.94. The zero-order valence-electron chi connectivity index (χ0n) is 25.6. The summed E-state index contributed by atoms with van der Waals surface area (Å²) >= 11 is 0. The number of carbonyl (C=O) groups excluding carboxylic acids is 1. The van der Waals surface area contributed by atoms with Gasteiger partial charge < -0.3 is 24.7 Å². The molecule has 2 atom stereocenters. The first-order valence-corrected chi connectivity index (χ1v) is 14.0. The van der Waals surface area contributed by atoms with E-state index in [0.29, 0.717) is 16.8 Å². The van der Waals surface area contributed by atoms with Crippen LogP contribution in [-0.2, 0) is 6.61 Å². The van der Waals surface area contributed by atoms with Crippen molar-refractivity contribution in [3.05, 3.63) is 76.1 Å². The highest BCUT2D eigenvalue weighted by atomic mass is 19.1. The van der Waals surface area contributed by atoms with Crippen molar-refractivity contribution in [1.29, 1.82) is 0 Å². The van der Waals surface area contributed by atoms with E-state index < -0.39 is 54.5 Å². The molecular weight excluding hydrogens is 578 g/mol. The van der Waals surface area contributed by atoms with Crippen LogP contribution in [-0.4, -0.2) is 59.1 Å². The van der Waals surface area contributed by atoms with E-state index in [0.717, 1.165) is 12.1 Å². The molecule has 0 saturated carbocycles. The highest BCUT2D eigenvalue weighted by Gasteiger charge is 2.39. The lowest BCUT2D eigenvalue weighted by Crippen LogP contribution is -2.48. The van der Waals surface area contributed by atoms with E-state index in [1.807, 2.05) is 13.8 Å². The second-order valence-corrected chi connectivity index (χ2v) is 11.8. The first-order chi connectivity index (χ1) is 20.6. The molecule has 4 aromatic rings. The van der Waals surface area contributed by atoms with Crippen LogP contribution in [0.15, 0.2) is 34.7 Å². The topological polar surface area (TPSA) is 155 Å². The van der Waals surface area contributed by atoms with Gasteiger partial charge in [-0.05, 0) is 64.3 Å². The minimum Gasteiger partial charge on any atom is -0.473 e. The van der Waals surface area contributed by atoms with Gasteiger partial charge in [0.15, 0.2) is 0 Å². The van der Waals surface area contributed by atoms with Gasteiger partial charge in [0.25, 0.3) is 5.91 Å². The van der Waals surface area contributed by atoms with Crippen LogP contribution in [0.3, 0.4) is 0 Å². The van der Waals surface area contributed by atoms with E-state index >= 15 is 0 Å². The van der Waals surface area contributed by atoms with Crippen molar-refractivity contribution >= 4 is 17.5 Å². The minimum atomic E-state index is -1.16. The molecule has 1 aromatic carbocycles. The molecule has 0 unspecified atom stereocenters. The molecule has 0 saturated heterocycles. The number of ether oxygens (including phenoxy) is 1. The Morgan fingerprint density at radius 1 is 1.11 bits per heavy atom. The molecule has 0 radical (unpaired) electrons. The molecule has 3 heterocycles. The van der Waals surface area contributed by atoms with Crippen molar-refractivity contribution in [2.24, 2.45) is 5.92 Å². The number of carboxylic acid groups (broad SMARTS) is 1. The summed E-state index contributed by atoms with van der Waals surface area (Å²) in [4.78, 5) is 26.9. The van der Waals surface area contributed by atoms with Gasteiger partial charge in [-0.3, -0.25) is 9.69 Å². The third-order valence-corrected chi connectivity index (χ3v) is 7.01. The van der Waals surface area contributed by atoms with Gasteiger partial charge in [-0.1, -0.05) is 19.9 Å². The van der Waals surface area contributed by atoms with Crippen molar-refractivity contribution in [2.75, 3.05) is 6.61 Å². The maximum absolute atomic E-state index is 14.2. The van der Waals surface area contributed by atoms with Crippen LogP contribution < -0.4 is 10.1 Å². The lowest BCUT2D eigenvalue weighted by Gasteiger charge is -2.39. The van der Waals surface area contributed by atoms with Gasteiger partial charge in [0, 0.05) is 11.6 Å². The van der Waals surface area contributed by atoms with Crippen LogP contribution in [0.2, 0.25) is 0 Å². The van der Waals surface area contributed by atoms with Crippen LogP contribution >= 0.6 is 0 Å². The first kappa shape index (κ1) is 32.3. The van der Waals surface area contributed by atoms with Crippen molar-refractivity contribution in [2.45, 2.75) is 72.7 Å². The highest BCUT2D eigenvalue weighted by Crippen LogP contribution is 2.34. The van der Waals surface area contributed by atoms with Crippen molar-refractivity contribution in [3.63, 3.8) is 0 Å². The largest absolute Gasteiger partial charge is 0.473 e. The summed E-state index contributed by atoms with van der Waals surface area (Å²) in [7, 11) is 0. The Balaban J connectivity index is 1.62. The summed E-state index contributed by atoms with van der Waals surface area (Å²) in [6.07, 6.45) is -1.16. The number of aryl methyl sites for hydroxylation is 2. The molecule has 44 heavy (non-hydrogen) atoms. The quantitative estimate of drug-likeness (QED) is 0.220. The normalized spacial score (nSPS) is 13.2. The summed E-state index contributed by atoms with van der Waals surface area (Å²) < 4.78 is 41.3. The van der Waals surface area contributed by atoms with E-state index in [9.17, 15) is 28.6 Å². The molecule has 0 aliphatic rings. The highest BCUT2D eigenvalue weighted by molar-refractivity contribution is 6.02. The molecule has 12 nitrogen and oxygen atoms in total. The fourth-order valence-corrected chi connectivity index (χ4v) is 5.00. The molecule has 0 aliphatic heterocycles. The average Bonchev–Trinajstić information content (AvgIpc) is 3.52. The number of aliphatic hydroxyl groups excluding tert-OH is 1. The van der Waals surface area contributed by atoms with Crippen molar-refractivity contribution < 1.29 is 37.7 Å². The van der Waals surface area contributed by atoms with E-state index in [-0.39, 0.29) is 34.7 Å². The molecule has 0 spiro atoms. The monoisotopic (exact) mass is 614 g/mol. The summed E-state index contributed by atoms with van der Waals surface area (Å²) in [5, 5.41) is 35.3. The zero-order valence-corrected chi connectivity index (χ0v) is 25.6. The Morgan fingerprint density at radius 3 is 2.32 bits per heavy atom. The summed E-state index contributed by atoms with van der Waals surface area (Å²) in [5.74, 6) is -2.28. The lowest BCUT2D eigenvalue weighted by molar-refractivity contribution is 0.0417. The number of benzene rings is 1. The number of hydrogen-bond donors (Lipinski definition) is 3. The minimum absolute atomic E-state index is 0.0240. The smallest absolute Gasteiger partial charge is 0.408 e.